The van der Waals surface area contributed by atoms with Gasteiger partial charge in [0.2, 0.25) is 0 Å². The largest absolute Gasteiger partial charge is 0.508 e. The third-order valence-corrected chi connectivity index (χ3v) is 2.12. The summed E-state index contributed by atoms with van der Waals surface area (Å²) in [7, 11) is 0. The third kappa shape index (κ3) is 2.00. The number of hydrogen-bond donors (Lipinski definition) is 1. The topological polar surface area (TPSA) is 44.0 Å². The van der Waals surface area contributed by atoms with Crippen LogP contribution in [-0.2, 0) is 0 Å². The van der Waals surface area contributed by atoms with Crippen molar-refractivity contribution in [3.05, 3.63) is 29.3 Å². The van der Waals surface area contributed by atoms with E-state index in [1.165, 1.54) is 0 Å². The molecule has 0 aliphatic carbocycles. The molecule has 1 rings (SSSR count). The number of phenolic OH excluding ortho intramolecular Hbond substituents is 1. The number of nitrogens with zero attached hydrogens (tertiary/aromatic N) is 1. The van der Waals surface area contributed by atoms with E-state index >= 15 is 0 Å². The molecule has 1 atom stereocenters. The van der Waals surface area contributed by atoms with Gasteiger partial charge in [-0.1, -0.05) is 24.6 Å². The van der Waals surface area contributed by atoms with Crippen LogP contribution in [0.15, 0.2) is 18.2 Å². The predicted molar refractivity (Wildman–Crippen MR) is 51.5 cm³/mol. The van der Waals surface area contributed by atoms with E-state index in [2.05, 4.69) is 6.07 Å². The molecule has 1 unspecified atom stereocenters. The average Bonchev–Trinajstić information content (AvgIpc) is 2.13. The van der Waals surface area contributed by atoms with Crippen LogP contribution in [-0.4, -0.2) is 5.11 Å². The van der Waals surface area contributed by atoms with Gasteiger partial charge in [0.05, 0.1) is 12.0 Å². The van der Waals surface area contributed by atoms with Crippen LogP contribution in [0.2, 0.25) is 0 Å². The van der Waals surface area contributed by atoms with Gasteiger partial charge in [-0.25, -0.2) is 0 Å². The summed E-state index contributed by atoms with van der Waals surface area (Å²) in [6, 6.07) is 7.52. The van der Waals surface area contributed by atoms with E-state index in [0.717, 1.165) is 17.5 Å². The molecule has 0 saturated carbocycles. The van der Waals surface area contributed by atoms with Crippen molar-refractivity contribution in [2.45, 2.75) is 26.2 Å². The van der Waals surface area contributed by atoms with Crippen LogP contribution in [0.4, 0.5) is 0 Å². The highest BCUT2D eigenvalue weighted by molar-refractivity contribution is 5.40. The summed E-state index contributed by atoms with van der Waals surface area (Å²) in [5.41, 5.74) is 1.81. The molecule has 0 aliphatic heterocycles. The number of aromatic hydroxyl groups is 1. The number of rotatable bonds is 2. The van der Waals surface area contributed by atoms with Crippen LogP contribution in [0.3, 0.4) is 0 Å². The fraction of sp³-hybridized carbons (Fsp3) is 0.364. The Morgan fingerprint density at radius 1 is 1.54 bits per heavy atom. The molecule has 0 aromatic heterocycles. The van der Waals surface area contributed by atoms with Crippen molar-refractivity contribution in [3.63, 3.8) is 0 Å². The number of phenols is 1. The summed E-state index contributed by atoms with van der Waals surface area (Å²) in [6.07, 6.45) is 0.730. The number of benzene rings is 1. The van der Waals surface area contributed by atoms with Gasteiger partial charge >= 0.3 is 0 Å². The van der Waals surface area contributed by atoms with Gasteiger partial charge in [0.1, 0.15) is 5.75 Å². The Morgan fingerprint density at radius 2 is 2.23 bits per heavy atom. The molecule has 0 spiro atoms. The minimum absolute atomic E-state index is 0.195. The first-order valence-corrected chi connectivity index (χ1v) is 4.38. The number of hydrogen-bond acceptors (Lipinski definition) is 2. The molecule has 0 heterocycles. The first-order chi connectivity index (χ1) is 6.19. The van der Waals surface area contributed by atoms with Crippen molar-refractivity contribution >= 4 is 0 Å². The Hall–Kier alpha value is -1.49. The summed E-state index contributed by atoms with van der Waals surface area (Å²) in [5, 5.41) is 18.4. The van der Waals surface area contributed by atoms with Crippen molar-refractivity contribution in [1.29, 1.82) is 5.26 Å². The summed E-state index contributed by atoms with van der Waals surface area (Å²) in [6.45, 7) is 3.89. The van der Waals surface area contributed by atoms with Gasteiger partial charge in [-0.3, -0.25) is 0 Å². The molecule has 13 heavy (non-hydrogen) atoms. The Bertz CT molecular complexity index is 338. The van der Waals surface area contributed by atoms with Gasteiger partial charge < -0.3 is 5.11 Å². The summed E-state index contributed by atoms with van der Waals surface area (Å²) in [5.74, 6) is 0.0268. The maximum Gasteiger partial charge on any atom is 0.120 e. The first kappa shape index (κ1) is 9.60. The second kappa shape index (κ2) is 3.95. The van der Waals surface area contributed by atoms with E-state index < -0.39 is 0 Å². The van der Waals surface area contributed by atoms with Crippen LogP contribution in [0, 0.1) is 18.3 Å². The number of aryl methyl sites for hydroxylation is 1. The lowest BCUT2D eigenvalue weighted by Gasteiger charge is -2.09. The average molecular weight is 175 g/mol. The van der Waals surface area contributed by atoms with Crippen molar-refractivity contribution < 1.29 is 5.11 Å². The van der Waals surface area contributed by atoms with Gasteiger partial charge in [-0.2, -0.15) is 5.26 Å². The zero-order chi connectivity index (χ0) is 9.84. The molecule has 1 aromatic carbocycles. The lowest BCUT2D eigenvalue weighted by atomic mass is 9.96. The molecule has 0 radical (unpaired) electrons. The Morgan fingerprint density at radius 3 is 2.77 bits per heavy atom. The van der Waals surface area contributed by atoms with Crippen molar-refractivity contribution in [1.82, 2.24) is 0 Å². The SMILES string of the molecule is CCC(C#N)c1cc(C)ccc1O. The molecule has 0 saturated heterocycles. The van der Waals surface area contributed by atoms with Gasteiger partial charge in [-0.05, 0) is 19.4 Å². The molecule has 0 fully saturated rings. The maximum absolute atomic E-state index is 9.52. The molecule has 1 aromatic rings. The zero-order valence-electron chi connectivity index (χ0n) is 7.91. The zero-order valence-corrected chi connectivity index (χ0v) is 7.91. The third-order valence-electron chi connectivity index (χ3n) is 2.12. The summed E-state index contributed by atoms with van der Waals surface area (Å²) >= 11 is 0. The summed E-state index contributed by atoms with van der Waals surface area (Å²) < 4.78 is 0. The summed E-state index contributed by atoms with van der Waals surface area (Å²) in [4.78, 5) is 0. The minimum Gasteiger partial charge on any atom is -0.508 e. The molecule has 0 aliphatic rings. The molecule has 1 N–H and O–H groups in total. The molecular formula is C11H13NO. The highest BCUT2D eigenvalue weighted by Gasteiger charge is 2.12. The van der Waals surface area contributed by atoms with Gasteiger partial charge in [0.25, 0.3) is 0 Å². The minimum atomic E-state index is -0.195. The molecule has 0 bridgehead atoms. The van der Waals surface area contributed by atoms with E-state index in [1.807, 2.05) is 26.0 Å². The second-order valence-electron chi connectivity index (χ2n) is 3.15. The highest BCUT2D eigenvalue weighted by atomic mass is 16.3. The Balaban J connectivity index is 3.13. The second-order valence-corrected chi connectivity index (χ2v) is 3.15. The molecular weight excluding hydrogens is 162 g/mol. The van der Waals surface area contributed by atoms with Crippen molar-refractivity contribution in [2.24, 2.45) is 0 Å². The van der Waals surface area contributed by atoms with Crippen LogP contribution in [0.5, 0.6) is 5.75 Å². The Kier molecular flexibility index (Phi) is 2.92. The maximum atomic E-state index is 9.52. The van der Waals surface area contributed by atoms with Gasteiger partial charge in [0.15, 0.2) is 0 Å². The quantitative estimate of drug-likeness (QED) is 0.751. The fourth-order valence-corrected chi connectivity index (χ4v) is 1.33. The van der Waals surface area contributed by atoms with Gasteiger partial charge in [-0.15, -0.1) is 0 Å². The van der Waals surface area contributed by atoms with E-state index in [9.17, 15) is 5.11 Å². The number of nitriles is 1. The van der Waals surface area contributed by atoms with Crippen LogP contribution >= 0.6 is 0 Å². The van der Waals surface area contributed by atoms with Gasteiger partial charge in [0, 0.05) is 5.56 Å². The van der Waals surface area contributed by atoms with E-state index in [0.29, 0.717) is 0 Å². The van der Waals surface area contributed by atoms with Crippen LogP contribution in [0.1, 0.15) is 30.4 Å². The van der Waals surface area contributed by atoms with E-state index in [1.54, 1.807) is 6.07 Å². The molecule has 0 amide bonds. The van der Waals surface area contributed by atoms with Crippen molar-refractivity contribution in [3.8, 4) is 11.8 Å². The Labute approximate surface area is 78.4 Å². The normalized spacial score (nSPS) is 12.1. The molecule has 2 heteroatoms. The lowest BCUT2D eigenvalue weighted by Crippen LogP contribution is -1.94. The van der Waals surface area contributed by atoms with Crippen LogP contribution < -0.4 is 0 Å². The van der Waals surface area contributed by atoms with Crippen molar-refractivity contribution in [2.75, 3.05) is 0 Å². The standard InChI is InChI=1S/C11H13NO/c1-3-9(7-12)10-6-8(2)4-5-11(10)13/h4-6,9,13H,3H2,1-2H3. The first-order valence-electron chi connectivity index (χ1n) is 4.38. The van der Waals surface area contributed by atoms with Crippen LogP contribution in [0.25, 0.3) is 0 Å². The monoisotopic (exact) mass is 175 g/mol. The predicted octanol–water partition coefficient (Wildman–Crippen LogP) is 2.72. The van der Waals surface area contributed by atoms with E-state index in [-0.39, 0.29) is 11.7 Å². The van der Waals surface area contributed by atoms with E-state index in [4.69, 9.17) is 5.26 Å². The molecule has 2 nitrogen and oxygen atoms in total. The highest BCUT2D eigenvalue weighted by Crippen LogP contribution is 2.28. The smallest absolute Gasteiger partial charge is 0.120 e. The molecule has 68 valence electrons. The fourth-order valence-electron chi connectivity index (χ4n) is 1.33. The lowest BCUT2D eigenvalue weighted by molar-refractivity contribution is 0.465.